The van der Waals surface area contributed by atoms with Gasteiger partial charge in [-0.1, -0.05) is 11.6 Å². The van der Waals surface area contributed by atoms with Crippen LogP contribution in [0.3, 0.4) is 0 Å². The standard InChI is InChI=1S/C15H15ClN2O3/c16-12-7-9(8-17)1-6-13(12)18-14(19)10-2-4-11(5-3-10)15(20)21/h1,6-7,10-11H,2-5H2,(H,18,19)(H,20,21). The Balaban J connectivity index is 1.97. The lowest BCUT2D eigenvalue weighted by molar-refractivity contribution is -0.143. The molecule has 2 N–H and O–H groups in total. The monoisotopic (exact) mass is 306 g/mol. The third kappa shape index (κ3) is 3.73. The van der Waals surface area contributed by atoms with Crippen LogP contribution >= 0.6 is 11.6 Å². The summed E-state index contributed by atoms with van der Waals surface area (Å²) in [5.74, 6) is -1.46. The van der Waals surface area contributed by atoms with Gasteiger partial charge in [0.25, 0.3) is 0 Å². The largest absolute Gasteiger partial charge is 0.481 e. The normalized spacial score (nSPS) is 21.3. The fourth-order valence-electron chi connectivity index (χ4n) is 2.52. The summed E-state index contributed by atoms with van der Waals surface area (Å²) in [7, 11) is 0. The maximum Gasteiger partial charge on any atom is 0.306 e. The molecule has 0 aromatic heterocycles. The number of aliphatic carboxylic acids is 1. The van der Waals surface area contributed by atoms with E-state index in [0.29, 0.717) is 42.0 Å². The van der Waals surface area contributed by atoms with Crippen molar-refractivity contribution in [2.75, 3.05) is 5.32 Å². The minimum absolute atomic E-state index is 0.148. The highest BCUT2D eigenvalue weighted by molar-refractivity contribution is 6.33. The van der Waals surface area contributed by atoms with Crippen LogP contribution in [0.2, 0.25) is 5.02 Å². The lowest BCUT2D eigenvalue weighted by atomic mass is 9.81. The molecule has 1 aliphatic carbocycles. The van der Waals surface area contributed by atoms with E-state index in [9.17, 15) is 9.59 Å². The number of nitrogens with zero attached hydrogens (tertiary/aromatic N) is 1. The molecule has 0 spiro atoms. The van der Waals surface area contributed by atoms with Gasteiger partial charge in [-0.15, -0.1) is 0 Å². The molecule has 21 heavy (non-hydrogen) atoms. The number of carboxylic acid groups (broad SMARTS) is 1. The number of carbonyl (C=O) groups is 2. The van der Waals surface area contributed by atoms with Crippen LogP contribution in [-0.4, -0.2) is 17.0 Å². The minimum Gasteiger partial charge on any atom is -0.481 e. The first-order valence-corrected chi connectivity index (χ1v) is 7.12. The fourth-order valence-corrected chi connectivity index (χ4v) is 2.75. The average molecular weight is 307 g/mol. The van der Waals surface area contributed by atoms with Gasteiger partial charge in [0.2, 0.25) is 5.91 Å². The lowest BCUT2D eigenvalue weighted by Gasteiger charge is -2.25. The van der Waals surface area contributed by atoms with Crippen molar-refractivity contribution in [1.29, 1.82) is 5.26 Å². The summed E-state index contributed by atoms with van der Waals surface area (Å²) in [5.41, 5.74) is 0.904. The predicted molar refractivity (Wildman–Crippen MR) is 77.9 cm³/mol. The highest BCUT2D eigenvalue weighted by Gasteiger charge is 2.29. The molecule has 6 heteroatoms. The van der Waals surface area contributed by atoms with Crippen LogP contribution < -0.4 is 5.32 Å². The lowest BCUT2D eigenvalue weighted by Crippen LogP contribution is -2.29. The number of carboxylic acids is 1. The van der Waals surface area contributed by atoms with E-state index >= 15 is 0 Å². The van der Waals surface area contributed by atoms with Gasteiger partial charge < -0.3 is 10.4 Å². The second-order valence-electron chi connectivity index (χ2n) is 5.18. The number of nitriles is 1. The van der Waals surface area contributed by atoms with Crippen molar-refractivity contribution in [1.82, 2.24) is 0 Å². The van der Waals surface area contributed by atoms with E-state index in [1.54, 1.807) is 12.1 Å². The van der Waals surface area contributed by atoms with Crippen LogP contribution in [0, 0.1) is 23.2 Å². The van der Waals surface area contributed by atoms with Gasteiger partial charge in [0, 0.05) is 5.92 Å². The third-order valence-corrected chi connectivity index (χ3v) is 4.12. The molecule has 0 bridgehead atoms. The first-order valence-electron chi connectivity index (χ1n) is 6.74. The van der Waals surface area contributed by atoms with Crippen molar-refractivity contribution in [3.05, 3.63) is 28.8 Å². The quantitative estimate of drug-likeness (QED) is 0.898. The Hall–Kier alpha value is -2.06. The maximum atomic E-state index is 12.2. The van der Waals surface area contributed by atoms with E-state index < -0.39 is 5.97 Å². The SMILES string of the molecule is N#Cc1ccc(NC(=O)C2CCC(C(=O)O)CC2)c(Cl)c1. The van der Waals surface area contributed by atoms with E-state index in [1.165, 1.54) is 6.07 Å². The van der Waals surface area contributed by atoms with Gasteiger partial charge in [0.1, 0.15) is 0 Å². The fraction of sp³-hybridized carbons (Fsp3) is 0.400. The molecule has 1 aromatic carbocycles. The van der Waals surface area contributed by atoms with E-state index in [4.69, 9.17) is 22.0 Å². The summed E-state index contributed by atoms with van der Waals surface area (Å²) in [6, 6.07) is 6.66. The number of hydrogen-bond donors (Lipinski definition) is 2. The zero-order chi connectivity index (χ0) is 15.4. The number of rotatable bonds is 3. The average Bonchev–Trinajstić information content (AvgIpc) is 2.49. The van der Waals surface area contributed by atoms with E-state index in [0.717, 1.165) is 0 Å². The van der Waals surface area contributed by atoms with Crippen molar-refractivity contribution in [2.45, 2.75) is 25.7 Å². The number of nitrogens with one attached hydrogen (secondary N) is 1. The number of halogens is 1. The van der Waals surface area contributed by atoms with Crippen molar-refractivity contribution in [2.24, 2.45) is 11.8 Å². The Morgan fingerprint density at radius 1 is 1.24 bits per heavy atom. The van der Waals surface area contributed by atoms with Gasteiger partial charge in [0.05, 0.1) is 28.3 Å². The molecule has 1 saturated carbocycles. The van der Waals surface area contributed by atoms with Gasteiger partial charge in [-0.2, -0.15) is 5.26 Å². The molecule has 0 radical (unpaired) electrons. The Bertz CT molecular complexity index is 601. The zero-order valence-electron chi connectivity index (χ0n) is 11.3. The molecule has 1 fully saturated rings. The number of benzene rings is 1. The molecule has 1 aromatic rings. The van der Waals surface area contributed by atoms with Crippen molar-refractivity contribution in [3.63, 3.8) is 0 Å². The van der Waals surface area contributed by atoms with Crippen LogP contribution in [-0.2, 0) is 9.59 Å². The summed E-state index contributed by atoms with van der Waals surface area (Å²) in [5, 5.41) is 20.8. The topological polar surface area (TPSA) is 90.2 Å². The van der Waals surface area contributed by atoms with Gasteiger partial charge in [-0.25, -0.2) is 0 Å². The van der Waals surface area contributed by atoms with Gasteiger partial charge in [-0.3, -0.25) is 9.59 Å². The third-order valence-electron chi connectivity index (χ3n) is 3.80. The summed E-state index contributed by atoms with van der Waals surface area (Å²) in [6.45, 7) is 0. The van der Waals surface area contributed by atoms with Crippen LogP contribution in [0.1, 0.15) is 31.2 Å². The Kier molecular flexibility index (Phi) is 4.81. The molecule has 2 rings (SSSR count). The molecular formula is C15H15ClN2O3. The van der Waals surface area contributed by atoms with Crippen LogP contribution in [0.4, 0.5) is 5.69 Å². The second kappa shape index (κ2) is 6.59. The second-order valence-corrected chi connectivity index (χ2v) is 5.59. The summed E-state index contributed by atoms with van der Waals surface area (Å²) in [4.78, 5) is 23.1. The molecule has 0 aliphatic heterocycles. The minimum atomic E-state index is -0.788. The first-order chi connectivity index (χ1) is 10.0. The van der Waals surface area contributed by atoms with Gasteiger partial charge in [0.15, 0.2) is 0 Å². The maximum absolute atomic E-state index is 12.2. The Morgan fingerprint density at radius 2 is 1.86 bits per heavy atom. The molecule has 5 nitrogen and oxygen atoms in total. The van der Waals surface area contributed by atoms with Crippen LogP contribution in [0.15, 0.2) is 18.2 Å². The summed E-state index contributed by atoms with van der Waals surface area (Å²) < 4.78 is 0. The molecule has 1 aliphatic rings. The van der Waals surface area contributed by atoms with Gasteiger partial charge in [-0.05, 0) is 43.9 Å². The summed E-state index contributed by atoms with van der Waals surface area (Å²) in [6.07, 6.45) is 2.18. The van der Waals surface area contributed by atoms with Crippen LogP contribution in [0.25, 0.3) is 0 Å². The predicted octanol–water partition coefficient (Wildman–Crippen LogP) is 3.04. The smallest absolute Gasteiger partial charge is 0.306 e. The van der Waals surface area contributed by atoms with E-state index in [2.05, 4.69) is 5.32 Å². The number of anilines is 1. The van der Waals surface area contributed by atoms with E-state index in [-0.39, 0.29) is 17.7 Å². The number of carbonyl (C=O) groups excluding carboxylic acids is 1. The van der Waals surface area contributed by atoms with Crippen molar-refractivity contribution < 1.29 is 14.7 Å². The molecule has 0 saturated heterocycles. The molecule has 0 heterocycles. The Labute approximate surface area is 127 Å². The zero-order valence-corrected chi connectivity index (χ0v) is 12.1. The molecule has 0 unspecified atom stereocenters. The highest BCUT2D eigenvalue weighted by Crippen LogP contribution is 2.31. The first kappa shape index (κ1) is 15.3. The van der Waals surface area contributed by atoms with E-state index in [1.807, 2.05) is 6.07 Å². The molecule has 0 atom stereocenters. The van der Waals surface area contributed by atoms with Crippen molar-refractivity contribution in [3.8, 4) is 6.07 Å². The Morgan fingerprint density at radius 3 is 2.38 bits per heavy atom. The number of amides is 1. The number of hydrogen-bond acceptors (Lipinski definition) is 3. The highest BCUT2D eigenvalue weighted by atomic mass is 35.5. The summed E-state index contributed by atoms with van der Waals surface area (Å²) >= 11 is 6.01. The molecule has 110 valence electrons. The van der Waals surface area contributed by atoms with Crippen LogP contribution in [0.5, 0.6) is 0 Å². The molecule has 1 amide bonds. The molecular weight excluding hydrogens is 292 g/mol. The van der Waals surface area contributed by atoms with Crippen molar-refractivity contribution >= 4 is 29.2 Å². The van der Waals surface area contributed by atoms with Gasteiger partial charge >= 0.3 is 5.97 Å².